The SMILES string of the molecule is NC1CCC(NC(=O)c2ccc3c(c2)NC(=O)CO3)CC1. The molecule has 0 spiro atoms. The van der Waals surface area contributed by atoms with Gasteiger partial charge in [-0.2, -0.15) is 0 Å². The van der Waals surface area contributed by atoms with Crippen LogP contribution in [0.25, 0.3) is 0 Å². The van der Waals surface area contributed by atoms with Crippen molar-refractivity contribution in [1.29, 1.82) is 0 Å². The van der Waals surface area contributed by atoms with E-state index in [-0.39, 0.29) is 30.5 Å². The average molecular weight is 289 g/mol. The molecular weight excluding hydrogens is 270 g/mol. The normalized spacial score (nSPS) is 24.5. The molecule has 1 aromatic rings. The topological polar surface area (TPSA) is 93.5 Å². The van der Waals surface area contributed by atoms with Crippen molar-refractivity contribution in [2.45, 2.75) is 37.8 Å². The maximum Gasteiger partial charge on any atom is 0.262 e. The summed E-state index contributed by atoms with van der Waals surface area (Å²) in [5.41, 5.74) is 6.93. The van der Waals surface area contributed by atoms with Crippen LogP contribution in [0.5, 0.6) is 5.75 Å². The van der Waals surface area contributed by atoms with Crippen LogP contribution in [0.4, 0.5) is 5.69 Å². The monoisotopic (exact) mass is 289 g/mol. The molecule has 1 aliphatic carbocycles. The van der Waals surface area contributed by atoms with Gasteiger partial charge in [-0.05, 0) is 43.9 Å². The molecule has 0 atom stereocenters. The van der Waals surface area contributed by atoms with E-state index in [1.807, 2.05) is 0 Å². The lowest BCUT2D eigenvalue weighted by Crippen LogP contribution is -2.40. The van der Waals surface area contributed by atoms with Gasteiger partial charge in [0.15, 0.2) is 6.61 Å². The molecular formula is C15H19N3O3. The number of nitrogens with two attached hydrogens (primary N) is 1. The highest BCUT2D eigenvalue weighted by Gasteiger charge is 2.22. The maximum atomic E-state index is 12.3. The largest absolute Gasteiger partial charge is 0.482 e. The Morgan fingerprint density at radius 3 is 2.81 bits per heavy atom. The van der Waals surface area contributed by atoms with Crippen LogP contribution in [0.1, 0.15) is 36.0 Å². The Morgan fingerprint density at radius 2 is 2.05 bits per heavy atom. The van der Waals surface area contributed by atoms with Crippen LogP contribution < -0.4 is 21.1 Å². The molecule has 2 aliphatic rings. The number of carbonyl (C=O) groups excluding carboxylic acids is 2. The molecule has 3 rings (SSSR count). The van der Waals surface area contributed by atoms with E-state index in [2.05, 4.69) is 10.6 Å². The molecule has 2 amide bonds. The third kappa shape index (κ3) is 3.16. The van der Waals surface area contributed by atoms with Gasteiger partial charge in [-0.15, -0.1) is 0 Å². The Morgan fingerprint density at radius 1 is 1.29 bits per heavy atom. The number of ether oxygens (including phenoxy) is 1. The summed E-state index contributed by atoms with van der Waals surface area (Å²) in [6.45, 7) is 0.0148. The zero-order chi connectivity index (χ0) is 14.8. The highest BCUT2D eigenvalue weighted by Crippen LogP contribution is 2.28. The number of amides is 2. The van der Waals surface area contributed by atoms with E-state index in [4.69, 9.17) is 10.5 Å². The molecule has 0 aromatic heterocycles. The second-order valence-electron chi connectivity index (χ2n) is 5.63. The van der Waals surface area contributed by atoms with Gasteiger partial charge in [-0.1, -0.05) is 0 Å². The number of anilines is 1. The highest BCUT2D eigenvalue weighted by molar-refractivity contribution is 5.99. The van der Waals surface area contributed by atoms with Crippen molar-refractivity contribution in [3.8, 4) is 5.75 Å². The van der Waals surface area contributed by atoms with Gasteiger partial charge in [0.25, 0.3) is 11.8 Å². The van der Waals surface area contributed by atoms with Crippen molar-refractivity contribution in [3.05, 3.63) is 23.8 Å². The molecule has 4 N–H and O–H groups in total. The van der Waals surface area contributed by atoms with Crippen molar-refractivity contribution in [3.63, 3.8) is 0 Å². The second-order valence-corrected chi connectivity index (χ2v) is 5.63. The minimum absolute atomic E-state index is 0.0148. The summed E-state index contributed by atoms with van der Waals surface area (Å²) in [6, 6.07) is 5.50. The van der Waals surface area contributed by atoms with Crippen LogP contribution >= 0.6 is 0 Å². The summed E-state index contributed by atoms with van der Waals surface area (Å²) in [6.07, 6.45) is 3.72. The number of benzene rings is 1. The van der Waals surface area contributed by atoms with Crippen molar-refractivity contribution in [2.75, 3.05) is 11.9 Å². The van der Waals surface area contributed by atoms with Crippen LogP contribution in [0.2, 0.25) is 0 Å². The molecule has 6 heteroatoms. The first kappa shape index (κ1) is 13.9. The van der Waals surface area contributed by atoms with Crippen molar-refractivity contribution >= 4 is 17.5 Å². The molecule has 0 bridgehead atoms. The first-order valence-corrected chi connectivity index (χ1v) is 7.25. The summed E-state index contributed by atoms with van der Waals surface area (Å²) in [5.74, 6) is 0.259. The van der Waals surface area contributed by atoms with Gasteiger partial charge in [0.2, 0.25) is 0 Å². The molecule has 0 unspecified atom stereocenters. The van der Waals surface area contributed by atoms with E-state index in [1.165, 1.54) is 0 Å². The minimum Gasteiger partial charge on any atom is -0.482 e. The Bertz CT molecular complexity index is 565. The summed E-state index contributed by atoms with van der Waals surface area (Å²) in [7, 11) is 0. The molecule has 0 saturated heterocycles. The first-order chi connectivity index (χ1) is 10.1. The molecule has 21 heavy (non-hydrogen) atoms. The molecule has 1 heterocycles. The van der Waals surface area contributed by atoms with Crippen LogP contribution in [0.3, 0.4) is 0 Å². The summed E-state index contributed by atoms with van der Waals surface area (Å²) in [5, 5.41) is 5.73. The summed E-state index contributed by atoms with van der Waals surface area (Å²) >= 11 is 0. The minimum atomic E-state index is -0.207. The van der Waals surface area contributed by atoms with Crippen LogP contribution in [-0.2, 0) is 4.79 Å². The number of carbonyl (C=O) groups is 2. The lowest BCUT2D eigenvalue weighted by atomic mass is 9.91. The Kier molecular flexibility index (Phi) is 3.79. The van der Waals surface area contributed by atoms with Crippen LogP contribution in [0.15, 0.2) is 18.2 Å². The Balaban J connectivity index is 1.67. The van der Waals surface area contributed by atoms with E-state index in [0.29, 0.717) is 17.0 Å². The van der Waals surface area contributed by atoms with Crippen LogP contribution in [0, 0.1) is 0 Å². The van der Waals surface area contributed by atoms with Gasteiger partial charge >= 0.3 is 0 Å². The van der Waals surface area contributed by atoms with Crippen molar-refractivity contribution < 1.29 is 14.3 Å². The van der Waals surface area contributed by atoms with Crippen LogP contribution in [-0.4, -0.2) is 30.5 Å². The van der Waals surface area contributed by atoms with E-state index >= 15 is 0 Å². The number of hydrogen-bond acceptors (Lipinski definition) is 4. The zero-order valence-electron chi connectivity index (χ0n) is 11.7. The lowest BCUT2D eigenvalue weighted by Gasteiger charge is -2.27. The fourth-order valence-corrected chi connectivity index (χ4v) is 2.76. The lowest BCUT2D eigenvalue weighted by molar-refractivity contribution is -0.118. The van der Waals surface area contributed by atoms with Gasteiger partial charge in [-0.3, -0.25) is 9.59 Å². The quantitative estimate of drug-likeness (QED) is 0.757. The molecule has 1 fully saturated rings. The third-order valence-electron chi connectivity index (χ3n) is 3.98. The van der Waals surface area contributed by atoms with Crippen molar-refractivity contribution in [2.24, 2.45) is 5.73 Å². The molecule has 1 aliphatic heterocycles. The number of nitrogens with one attached hydrogen (secondary N) is 2. The van der Waals surface area contributed by atoms with Crippen molar-refractivity contribution in [1.82, 2.24) is 5.32 Å². The Labute approximate surface area is 123 Å². The zero-order valence-corrected chi connectivity index (χ0v) is 11.7. The number of fused-ring (bicyclic) bond motifs is 1. The predicted molar refractivity (Wildman–Crippen MR) is 78.3 cm³/mol. The fourth-order valence-electron chi connectivity index (χ4n) is 2.76. The third-order valence-corrected chi connectivity index (χ3v) is 3.98. The van der Waals surface area contributed by atoms with Gasteiger partial charge in [-0.25, -0.2) is 0 Å². The molecule has 0 radical (unpaired) electrons. The van der Waals surface area contributed by atoms with E-state index in [0.717, 1.165) is 25.7 Å². The number of hydrogen-bond donors (Lipinski definition) is 3. The van der Waals surface area contributed by atoms with E-state index in [9.17, 15) is 9.59 Å². The average Bonchev–Trinajstić information content (AvgIpc) is 2.48. The standard InChI is InChI=1S/C15H19N3O3/c16-10-2-4-11(5-3-10)17-15(20)9-1-6-13-12(7-9)18-14(19)8-21-13/h1,6-7,10-11H,2-5,8,16H2,(H,17,20)(H,18,19). The Hall–Kier alpha value is -2.08. The fraction of sp³-hybridized carbons (Fsp3) is 0.467. The van der Waals surface area contributed by atoms with Gasteiger partial charge in [0.1, 0.15) is 5.75 Å². The van der Waals surface area contributed by atoms with E-state index in [1.54, 1.807) is 18.2 Å². The molecule has 6 nitrogen and oxygen atoms in total. The van der Waals surface area contributed by atoms with E-state index < -0.39 is 0 Å². The van der Waals surface area contributed by atoms with Gasteiger partial charge < -0.3 is 21.1 Å². The smallest absolute Gasteiger partial charge is 0.262 e. The number of rotatable bonds is 2. The first-order valence-electron chi connectivity index (χ1n) is 7.25. The summed E-state index contributed by atoms with van der Waals surface area (Å²) < 4.78 is 5.27. The highest BCUT2D eigenvalue weighted by atomic mass is 16.5. The molecule has 1 aromatic carbocycles. The summed E-state index contributed by atoms with van der Waals surface area (Å²) in [4.78, 5) is 23.6. The van der Waals surface area contributed by atoms with Gasteiger partial charge in [0.05, 0.1) is 5.69 Å². The molecule has 112 valence electrons. The predicted octanol–water partition coefficient (Wildman–Crippen LogP) is 1.02. The molecule has 1 saturated carbocycles. The second kappa shape index (κ2) is 5.73. The maximum absolute atomic E-state index is 12.3. The van der Waals surface area contributed by atoms with Gasteiger partial charge in [0, 0.05) is 17.6 Å².